The molecule has 52 heavy (non-hydrogen) atoms. The summed E-state index contributed by atoms with van der Waals surface area (Å²) in [4.78, 5) is 38.6. The van der Waals surface area contributed by atoms with Gasteiger partial charge in [0.15, 0.2) is 0 Å². The highest BCUT2D eigenvalue weighted by Crippen LogP contribution is 2.48. The molecule has 2 amide bonds. The normalized spacial score (nSPS) is 17.2. The summed E-state index contributed by atoms with van der Waals surface area (Å²) in [5.74, 6) is -0.0930. The van der Waals surface area contributed by atoms with Gasteiger partial charge in [0.05, 0.1) is 24.0 Å². The van der Waals surface area contributed by atoms with Crippen LogP contribution in [0.1, 0.15) is 78.0 Å². The summed E-state index contributed by atoms with van der Waals surface area (Å²) in [6.45, 7) is 14.7. The third kappa shape index (κ3) is 11.3. The summed E-state index contributed by atoms with van der Waals surface area (Å²) in [6, 6.07) is 30.3. The number of rotatable bonds is 18. The summed E-state index contributed by atoms with van der Waals surface area (Å²) in [6.07, 6.45) is 0.112. The molecule has 282 valence electrons. The van der Waals surface area contributed by atoms with E-state index in [1.807, 2.05) is 52.8 Å². The van der Waals surface area contributed by atoms with Crippen molar-refractivity contribution in [1.82, 2.24) is 16.0 Å². The topological polar surface area (TPSA) is 115 Å². The number of carbonyl (C=O) groups excluding carboxylic acids is 3. The first-order valence-electron chi connectivity index (χ1n) is 18.5. The van der Waals surface area contributed by atoms with E-state index < -0.39 is 34.6 Å². The van der Waals surface area contributed by atoms with Crippen molar-refractivity contribution < 1.29 is 28.6 Å². The van der Waals surface area contributed by atoms with Gasteiger partial charge in [0.25, 0.3) is 0 Å². The maximum absolute atomic E-state index is 13.3. The van der Waals surface area contributed by atoms with Crippen LogP contribution in [0.2, 0.25) is 0 Å². The Morgan fingerprint density at radius 3 is 1.87 bits per heavy atom. The van der Waals surface area contributed by atoms with Gasteiger partial charge in [0.1, 0.15) is 17.7 Å². The molecule has 5 atom stereocenters. The van der Waals surface area contributed by atoms with Crippen LogP contribution in [0.15, 0.2) is 91.0 Å². The predicted octanol–water partition coefficient (Wildman–Crippen LogP) is 7.08. The van der Waals surface area contributed by atoms with Crippen LogP contribution >= 0.6 is 11.8 Å². The van der Waals surface area contributed by atoms with Gasteiger partial charge in [-0.1, -0.05) is 125 Å². The lowest BCUT2D eigenvalue weighted by Crippen LogP contribution is -2.52. The molecule has 4 rings (SSSR count). The van der Waals surface area contributed by atoms with Crippen LogP contribution in [-0.2, 0) is 28.5 Å². The highest BCUT2D eigenvalue weighted by Gasteiger charge is 2.38. The molecule has 1 fully saturated rings. The zero-order valence-corrected chi connectivity index (χ0v) is 32.5. The molecule has 0 spiro atoms. The summed E-state index contributed by atoms with van der Waals surface area (Å²) in [5, 5.41) is 9.67. The Morgan fingerprint density at radius 2 is 1.42 bits per heavy atom. The minimum Gasteiger partial charge on any atom is -0.464 e. The van der Waals surface area contributed by atoms with Gasteiger partial charge >= 0.3 is 12.1 Å². The van der Waals surface area contributed by atoms with E-state index in [1.54, 1.807) is 11.8 Å². The van der Waals surface area contributed by atoms with Gasteiger partial charge in [-0.15, -0.1) is 11.8 Å². The van der Waals surface area contributed by atoms with Crippen LogP contribution in [0.4, 0.5) is 4.79 Å². The minimum absolute atomic E-state index is 0.116. The fourth-order valence-corrected chi connectivity index (χ4v) is 7.84. The van der Waals surface area contributed by atoms with Crippen LogP contribution < -0.4 is 16.0 Å². The first-order chi connectivity index (χ1) is 24.8. The lowest BCUT2D eigenvalue weighted by molar-refractivity contribution is -0.144. The van der Waals surface area contributed by atoms with Gasteiger partial charge in [-0.3, -0.25) is 4.79 Å². The second-order valence-corrected chi connectivity index (χ2v) is 16.1. The van der Waals surface area contributed by atoms with Crippen molar-refractivity contribution in [2.45, 2.75) is 95.9 Å². The number of carbonyl (C=O) groups is 3. The summed E-state index contributed by atoms with van der Waals surface area (Å²) >= 11 is 1.77. The summed E-state index contributed by atoms with van der Waals surface area (Å²) in [7, 11) is 0. The fraction of sp³-hybridized carbons (Fsp3) is 0.500. The lowest BCUT2D eigenvalue weighted by Gasteiger charge is -2.37. The molecule has 0 saturated carbocycles. The highest BCUT2D eigenvalue weighted by molar-refractivity contribution is 8.00. The largest absolute Gasteiger partial charge is 0.464 e. The zero-order chi connectivity index (χ0) is 37.7. The number of esters is 1. The van der Waals surface area contributed by atoms with Crippen LogP contribution in [0, 0.1) is 11.8 Å². The van der Waals surface area contributed by atoms with E-state index in [0.717, 1.165) is 23.1 Å². The van der Waals surface area contributed by atoms with E-state index in [2.05, 4.69) is 103 Å². The molecule has 9 nitrogen and oxygen atoms in total. The van der Waals surface area contributed by atoms with Gasteiger partial charge < -0.3 is 30.2 Å². The molecule has 1 aliphatic rings. The maximum Gasteiger partial charge on any atom is 0.407 e. The van der Waals surface area contributed by atoms with Crippen molar-refractivity contribution in [3.8, 4) is 0 Å². The Hall–Kier alpha value is -3.86. The van der Waals surface area contributed by atoms with Gasteiger partial charge in [-0.25, -0.2) is 9.59 Å². The molecular weight excluding hydrogens is 675 g/mol. The number of hydrogen-bond donors (Lipinski definition) is 3. The predicted molar refractivity (Wildman–Crippen MR) is 208 cm³/mol. The Morgan fingerprint density at radius 1 is 0.885 bits per heavy atom. The Bertz CT molecular complexity index is 1450. The van der Waals surface area contributed by atoms with E-state index in [4.69, 9.17) is 14.2 Å². The first kappa shape index (κ1) is 40.9. The average Bonchev–Trinajstić information content (AvgIpc) is 3.53. The maximum atomic E-state index is 13.3. The standard InChI is InChI=1S/C42H57N3O6S/c1-8-30(4)36(27-50-37(29(2)3)38(46)45-35-24-25-49-39(35)47)43-26-34(44-40(48)51-41(5,6)7)28-52-42(31-18-12-9-13-19-31,32-20-14-10-15-21-32)33-22-16-11-17-23-33/h9-23,29-30,34-37,43H,8,24-28H2,1-7H3,(H,44,48)(H,45,46)/t30-,34?,35+,36?,37?/m0/s1. The smallest absolute Gasteiger partial charge is 0.407 e. The van der Waals surface area contributed by atoms with E-state index in [-0.39, 0.29) is 36.4 Å². The molecule has 0 aliphatic carbocycles. The van der Waals surface area contributed by atoms with Gasteiger partial charge in [-0.05, 0) is 49.3 Å². The first-order valence-corrected chi connectivity index (χ1v) is 19.4. The summed E-state index contributed by atoms with van der Waals surface area (Å²) in [5.41, 5.74) is 2.75. The molecule has 3 unspecified atom stereocenters. The number of amides is 2. The highest BCUT2D eigenvalue weighted by atomic mass is 32.2. The van der Waals surface area contributed by atoms with Crippen LogP contribution in [0.3, 0.4) is 0 Å². The van der Waals surface area contributed by atoms with Crippen LogP contribution in [0.25, 0.3) is 0 Å². The molecule has 10 heteroatoms. The van der Waals surface area contributed by atoms with E-state index in [0.29, 0.717) is 25.3 Å². The molecule has 3 N–H and O–H groups in total. The van der Waals surface area contributed by atoms with Gasteiger partial charge in [0, 0.05) is 24.8 Å². The van der Waals surface area contributed by atoms with Crippen molar-refractivity contribution in [3.63, 3.8) is 0 Å². The van der Waals surface area contributed by atoms with Crippen molar-refractivity contribution in [2.75, 3.05) is 25.5 Å². The quantitative estimate of drug-likeness (QED) is 0.0940. The van der Waals surface area contributed by atoms with Crippen LogP contribution in [-0.4, -0.2) is 73.3 Å². The molecule has 3 aromatic carbocycles. The van der Waals surface area contributed by atoms with Crippen molar-refractivity contribution in [1.29, 1.82) is 0 Å². The van der Waals surface area contributed by atoms with E-state index in [9.17, 15) is 14.4 Å². The number of benzene rings is 3. The lowest BCUT2D eigenvalue weighted by atomic mass is 9.84. The number of hydrogen-bond acceptors (Lipinski definition) is 8. The number of thioether (sulfide) groups is 1. The number of ether oxygens (including phenoxy) is 3. The molecule has 1 aliphatic heterocycles. The monoisotopic (exact) mass is 731 g/mol. The molecule has 1 heterocycles. The summed E-state index contributed by atoms with van der Waals surface area (Å²) < 4.78 is 16.5. The molecule has 0 radical (unpaired) electrons. The second kappa shape index (κ2) is 19.3. The number of alkyl carbamates (subject to hydrolysis) is 1. The Kier molecular flexibility index (Phi) is 15.2. The fourth-order valence-electron chi connectivity index (χ4n) is 6.28. The van der Waals surface area contributed by atoms with Crippen LogP contribution in [0.5, 0.6) is 0 Å². The van der Waals surface area contributed by atoms with E-state index in [1.165, 1.54) is 0 Å². The van der Waals surface area contributed by atoms with Gasteiger partial charge in [-0.2, -0.15) is 0 Å². The molecule has 3 aromatic rings. The van der Waals surface area contributed by atoms with Gasteiger partial charge in [0.2, 0.25) is 5.91 Å². The van der Waals surface area contributed by atoms with Crippen molar-refractivity contribution >= 4 is 29.7 Å². The number of nitrogens with one attached hydrogen (secondary N) is 3. The molecule has 0 bridgehead atoms. The molecular formula is C42H57N3O6S. The third-order valence-electron chi connectivity index (χ3n) is 9.29. The second-order valence-electron chi connectivity index (χ2n) is 14.8. The molecule has 0 aromatic heterocycles. The van der Waals surface area contributed by atoms with Crippen molar-refractivity contribution in [3.05, 3.63) is 108 Å². The SMILES string of the molecule is CC[C@H](C)C(COC(C(=O)N[C@@H]1CCOC1=O)C(C)C)NCC(CSC(c1ccccc1)(c1ccccc1)c1ccccc1)NC(=O)OC(C)(C)C. The van der Waals surface area contributed by atoms with Crippen molar-refractivity contribution in [2.24, 2.45) is 11.8 Å². The minimum atomic E-state index is -0.740. The third-order valence-corrected chi connectivity index (χ3v) is 11.0. The average molecular weight is 732 g/mol. The Labute approximate surface area is 314 Å². The molecule has 1 saturated heterocycles. The Balaban J connectivity index is 1.59. The van der Waals surface area contributed by atoms with E-state index >= 15 is 0 Å². The number of cyclic esters (lactones) is 1. The zero-order valence-electron chi connectivity index (χ0n) is 31.7.